The fraction of sp³-hybridized carbons (Fsp3) is 0.300. The number of carbonyl (C=O) groups excluding carboxylic acids is 2. The highest BCUT2D eigenvalue weighted by Crippen LogP contribution is 2.19. The Bertz CT molecular complexity index is 1530. The van der Waals surface area contributed by atoms with E-state index in [1.165, 1.54) is 0 Å². The zero-order valence-corrected chi connectivity index (χ0v) is 32.9. The summed E-state index contributed by atoms with van der Waals surface area (Å²) < 4.78 is 14.6. The van der Waals surface area contributed by atoms with Gasteiger partial charge in [0.2, 0.25) is 11.8 Å². The van der Waals surface area contributed by atoms with Crippen LogP contribution in [0.4, 0.5) is 0 Å². The molecule has 2 heterocycles. The Balaban J connectivity index is 0.00000468. The molecule has 0 fully saturated rings. The number of carbonyl (C=O) groups is 2. The number of hydrogen-bond donors (Lipinski definition) is 2. The summed E-state index contributed by atoms with van der Waals surface area (Å²) in [7, 11) is 6.76. The van der Waals surface area contributed by atoms with Gasteiger partial charge >= 0.3 is 0 Å². The maximum atomic E-state index is 12.2. The van der Waals surface area contributed by atoms with Gasteiger partial charge in [0.25, 0.3) is 0 Å². The van der Waals surface area contributed by atoms with Gasteiger partial charge < -0.3 is 44.9 Å². The van der Waals surface area contributed by atoms with Crippen LogP contribution in [-0.4, -0.2) is 50.6 Å². The molecule has 0 atom stereocenters. The molecule has 0 radical (unpaired) electrons. The molecule has 0 aliphatic carbocycles. The van der Waals surface area contributed by atoms with E-state index in [0.29, 0.717) is 25.9 Å². The number of amides is 2. The molecule has 0 aliphatic rings. The van der Waals surface area contributed by atoms with Gasteiger partial charge in [-0.25, -0.2) is 9.13 Å². The molecule has 8 nitrogen and oxygen atoms in total. The van der Waals surface area contributed by atoms with Crippen molar-refractivity contribution in [2.24, 2.45) is 0 Å². The summed E-state index contributed by atoms with van der Waals surface area (Å²) in [6.45, 7) is 2.87. The third-order valence-corrected chi connectivity index (χ3v) is 10.1. The SMILES string of the molecule is COc1ccc(/C=C/c2cc[n+](CCCC(=O)NCCSSCCNC(=O)CCC[n+]3ccc(/C=C/c4ccc(OC)cc4)cc3)cc2)cc1.[Cl-].[Cl-]. The standard InChI is InChI=1S/C40H46N4O4S2.2ClH/c1-47-37-15-11-33(12-16-37)7-9-35-19-27-43(28-20-35)25-3-5-39(45)41-23-31-49-50-32-24-42-40(46)6-4-26-44-29-21-36(22-30-44)10-8-34-13-17-38(48-2)18-14-34;;/h7-22,27-30H,3-6,23-26,31-32H2,1-2H3;2*1H/b9-7+,10-8+;;. The Morgan fingerprint density at radius 2 is 0.885 bits per heavy atom. The van der Waals surface area contributed by atoms with E-state index in [9.17, 15) is 9.59 Å². The van der Waals surface area contributed by atoms with Gasteiger partial charge in [-0.1, -0.05) is 70.2 Å². The molecule has 4 rings (SSSR count). The summed E-state index contributed by atoms with van der Waals surface area (Å²) >= 11 is 0. The summed E-state index contributed by atoms with van der Waals surface area (Å²) in [5.74, 6) is 3.52. The number of halogens is 2. The summed E-state index contributed by atoms with van der Waals surface area (Å²) in [6, 6.07) is 24.2. The van der Waals surface area contributed by atoms with E-state index in [1.807, 2.05) is 73.3 Å². The van der Waals surface area contributed by atoms with Gasteiger partial charge in [0.1, 0.15) is 24.6 Å². The van der Waals surface area contributed by atoms with E-state index < -0.39 is 0 Å². The highest BCUT2D eigenvalue weighted by Gasteiger charge is 2.07. The molecular weight excluding hydrogens is 736 g/mol. The summed E-state index contributed by atoms with van der Waals surface area (Å²) in [6.07, 6.45) is 19.1. The Labute approximate surface area is 328 Å². The number of benzene rings is 2. The molecule has 2 N–H and O–H groups in total. The summed E-state index contributed by atoms with van der Waals surface area (Å²) in [5, 5.41) is 6.01. The lowest BCUT2D eigenvalue weighted by Crippen LogP contribution is -3.00. The Morgan fingerprint density at radius 1 is 0.558 bits per heavy atom. The van der Waals surface area contributed by atoms with Crippen LogP contribution in [-0.2, 0) is 22.7 Å². The van der Waals surface area contributed by atoms with Gasteiger partial charge in [-0.2, -0.15) is 0 Å². The number of aryl methyl sites for hydroxylation is 2. The van der Waals surface area contributed by atoms with Crippen LogP contribution >= 0.6 is 21.6 Å². The molecule has 0 saturated heterocycles. The number of ether oxygens (including phenoxy) is 2. The van der Waals surface area contributed by atoms with Gasteiger partial charge in [-0.15, -0.1) is 0 Å². The van der Waals surface area contributed by atoms with Crippen LogP contribution in [0.15, 0.2) is 97.6 Å². The van der Waals surface area contributed by atoms with Crippen molar-refractivity contribution in [3.05, 3.63) is 120 Å². The first-order chi connectivity index (χ1) is 24.5. The third kappa shape index (κ3) is 17.5. The number of aromatic nitrogens is 2. The highest BCUT2D eigenvalue weighted by molar-refractivity contribution is 8.76. The molecule has 0 spiro atoms. The second kappa shape index (κ2) is 25.9. The van der Waals surface area contributed by atoms with Crippen molar-refractivity contribution in [1.29, 1.82) is 0 Å². The molecule has 2 aromatic carbocycles. The number of rotatable bonds is 21. The average Bonchev–Trinajstić information content (AvgIpc) is 3.15. The van der Waals surface area contributed by atoms with Gasteiger partial charge in [-0.3, -0.25) is 9.59 Å². The van der Waals surface area contributed by atoms with Crippen molar-refractivity contribution in [2.75, 3.05) is 38.8 Å². The Kier molecular flexibility index (Phi) is 22.0. The van der Waals surface area contributed by atoms with E-state index in [-0.39, 0.29) is 36.6 Å². The first-order valence-electron chi connectivity index (χ1n) is 16.9. The van der Waals surface area contributed by atoms with Gasteiger partial charge in [-0.05, 0) is 46.5 Å². The Morgan fingerprint density at radius 3 is 1.21 bits per heavy atom. The van der Waals surface area contributed by atoms with Crippen LogP contribution < -0.4 is 54.1 Å². The fourth-order valence-corrected chi connectivity index (χ4v) is 6.69. The molecule has 4 aromatic rings. The molecule has 0 bridgehead atoms. The molecule has 2 aromatic heterocycles. The zero-order chi connectivity index (χ0) is 35.2. The Hall–Kier alpha value is -3.96. The number of pyridine rings is 2. The van der Waals surface area contributed by atoms with Crippen molar-refractivity contribution >= 4 is 57.7 Å². The molecule has 0 unspecified atom stereocenters. The van der Waals surface area contributed by atoms with E-state index in [2.05, 4.69) is 68.3 Å². The van der Waals surface area contributed by atoms with Gasteiger partial charge in [0, 0.05) is 74.5 Å². The number of hydrogen-bond acceptors (Lipinski definition) is 6. The largest absolute Gasteiger partial charge is 1.00 e. The third-order valence-electron chi connectivity index (χ3n) is 7.74. The first kappa shape index (κ1) is 44.2. The molecule has 2 amide bonds. The molecule has 278 valence electrons. The topological polar surface area (TPSA) is 84.4 Å². The molecular formula is C40H48Cl2N4O4S2. The normalized spacial score (nSPS) is 10.7. The van der Waals surface area contributed by atoms with Crippen LogP contribution in [0, 0.1) is 0 Å². The van der Waals surface area contributed by atoms with Crippen molar-refractivity contribution in [3.63, 3.8) is 0 Å². The van der Waals surface area contributed by atoms with Gasteiger partial charge in [0.15, 0.2) is 24.8 Å². The molecule has 0 aliphatic heterocycles. The minimum absolute atomic E-state index is 0. The van der Waals surface area contributed by atoms with E-state index in [0.717, 1.165) is 71.2 Å². The van der Waals surface area contributed by atoms with Crippen LogP contribution in [0.1, 0.15) is 47.9 Å². The maximum Gasteiger partial charge on any atom is 0.220 e. The van der Waals surface area contributed by atoms with Gasteiger partial charge in [0.05, 0.1) is 14.2 Å². The van der Waals surface area contributed by atoms with Crippen LogP contribution in [0.2, 0.25) is 0 Å². The number of nitrogens with zero attached hydrogens (tertiary/aromatic N) is 2. The number of methoxy groups -OCH3 is 2. The zero-order valence-electron chi connectivity index (χ0n) is 29.7. The van der Waals surface area contributed by atoms with Crippen LogP contribution in [0.25, 0.3) is 24.3 Å². The fourth-order valence-electron chi connectivity index (χ4n) is 4.88. The van der Waals surface area contributed by atoms with E-state index in [1.54, 1.807) is 35.8 Å². The lowest BCUT2D eigenvalue weighted by molar-refractivity contribution is -0.697. The van der Waals surface area contributed by atoms with Crippen molar-refractivity contribution in [2.45, 2.75) is 38.8 Å². The average molecular weight is 784 g/mol. The second-order valence-electron chi connectivity index (χ2n) is 11.5. The predicted octanol–water partition coefficient (Wildman–Crippen LogP) is 0.502. The number of nitrogens with one attached hydrogen (secondary N) is 2. The van der Waals surface area contributed by atoms with Crippen LogP contribution in [0.5, 0.6) is 11.5 Å². The van der Waals surface area contributed by atoms with Crippen molar-refractivity contribution < 1.29 is 53.0 Å². The minimum atomic E-state index is 0. The lowest BCUT2D eigenvalue weighted by atomic mass is 10.1. The molecule has 52 heavy (non-hydrogen) atoms. The van der Waals surface area contributed by atoms with E-state index >= 15 is 0 Å². The maximum absolute atomic E-state index is 12.2. The van der Waals surface area contributed by atoms with E-state index in [4.69, 9.17) is 9.47 Å². The summed E-state index contributed by atoms with van der Waals surface area (Å²) in [5.41, 5.74) is 4.47. The second-order valence-corrected chi connectivity index (χ2v) is 14.2. The predicted molar refractivity (Wildman–Crippen MR) is 207 cm³/mol. The summed E-state index contributed by atoms with van der Waals surface area (Å²) in [4.78, 5) is 24.5. The van der Waals surface area contributed by atoms with Crippen molar-refractivity contribution in [3.8, 4) is 11.5 Å². The molecule has 12 heteroatoms. The minimum Gasteiger partial charge on any atom is -1.00 e. The van der Waals surface area contributed by atoms with Crippen LogP contribution in [0.3, 0.4) is 0 Å². The monoisotopic (exact) mass is 782 g/mol. The smallest absolute Gasteiger partial charge is 0.220 e. The quantitative estimate of drug-likeness (QED) is 0.0729. The first-order valence-corrected chi connectivity index (χ1v) is 19.4. The highest BCUT2D eigenvalue weighted by atomic mass is 35.5. The molecule has 0 saturated carbocycles. The van der Waals surface area contributed by atoms with Crippen molar-refractivity contribution in [1.82, 2.24) is 10.6 Å². The lowest BCUT2D eigenvalue weighted by Gasteiger charge is -2.06.